The van der Waals surface area contributed by atoms with Gasteiger partial charge in [0, 0.05) is 0 Å². The van der Waals surface area contributed by atoms with Gasteiger partial charge in [0.25, 0.3) is 0 Å². The standard InChI is InChI=1S/4C15H19.2C2H6Si.2BrH.2Zr/c4*1-5-12-6-7-13(10(2)3)15-9-11(4)8-14(12)15;2*1-3-2;;;;/h4*6-10H,5H2,1-4H3;2*1-2H3;2*1H;;/q4*-1;;;;;2*+2/p-2. The molecule has 0 aliphatic carbocycles. The third-order valence-electron chi connectivity index (χ3n) is 12.6. The van der Waals surface area contributed by atoms with E-state index in [1.54, 1.807) is 46.7 Å². The van der Waals surface area contributed by atoms with E-state index in [-0.39, 0.29) is 44.8 Å². The number of benzene rings is 4. The van der Waals surface area contributed by atoms with Crippen molar-refractivity contribution in [3.63, 3.8) is 0 Å². The maximum Gasteiger partial charge on any atom is -1.00 e. The number of hydrogen-bond donors (Lipinski definition) is 0. The van der Waals surface area contributed by atoms with E-state index in [0.29, 0.717) is 23.7 Å². The molecular weight excluding hydrogens is 1170 g/mol. The molecule has 376 valence electrons. The molecule has 0 fully saturated rings. The summed E-state index contributed by atoms with van der Waals surface area (Å²) in [5.74, 6) is 2.45. The molecular formula is C64H88Br2Si2Zr2-2. The fraction of sp³-hybridized carbons (Fsp3) is 0.438. The Bertz CT molecular complexity index is 2480. The first kappa shape index (κ1) is 66.5. The minimum absolute atomic E-state index is 0. The summed E-state index contributed by atoms with van der Waals surface area (Å²) in [6.07, 6.45) is 4.49. The summed E-state index contributed by atoms with van der Waals surface area (Å²) in [4.78, 5) is 0. The predicted octanol–water partition coefficient (Wildman–Crippen LogP) is 13.8. The Kier molecular flexibility index (Phi) is 30.4. The van der Waals surface area contributed by atoms with Crippen LogP contribution in [0, 0.1) is 27.7 Å². The third kappa shape index (κ3) is 19.0. The molecule has 0 unspecified atom stereocenters. The summed E-state index contributed by atoms with van der Waals surface area (Å²) in [6.45, 7) is 45.0. The van der Waals surface area contributed by atoms with E-state index < -0.39 is 0 Å². The molecule has 0 saturated heterocycles. The van der Waals surface area contributed by atoms with Crippen molar-refractivity contribution in [3.05, 3.63) is 164 Å². The molecule has 0 spiro atoms. The van der Waals surface area contributed by atoms with Crippen LogP contribution in [0.15, 0.2) is 97.1 Å². The topological polar surface area (TPSA) is 0 Å². The first-order chi connectivity index (χ1) is 32.0. The normalized spacial score (nSPS) is 10.7. The SMILES string of the molecule is CCc1ccc(C(C)C)c2cc(C)[cH-]c12.CCc1ccc(C(C)C)c2cc(C)[cH-]c12.CCc1ccc(C(C)C)c2cc(C)[cH-]c12.CCc1ccc(C(C)C)c2cc(C)[cH-]c12.C[Si](C)=[Zr+2].C[Si](C)=[Zr+2].[Br-].[Br-]. The number of rotatable bonds is 8. The van der Waals surface area contributed by atoms with E-state index in [1.807, 2.05) is 0 Å². The second kappa shape index (κ2) is 32.0. The quantitative estimate of drug-likeness (QED) is 0.105. The molecule has 8 aromatic rings. The monoisotopic (exact) mass is 1250 g/mol. The fourth-order valence-electron chi connectivity index (χ4n) is 9.35. The number of aryl methyl sites for hydroxylation is 8. The maximum atomic E-state index is 2.32. The van der Waals surface area contributed by atoms with Gasteiger partial charge in [-0.3, -0.25) is 0 Å². The van der Waals surface area contributed by atoms with Crippen molar-refractivity contribution in [3.8, 4) is 0 Å². The maximum absolute atomic E-state index is 2.32. The molecule has 8 aromatic carbocycles. The summed E-state index contributed by atoms with van der Waals surface area (Å²) >= 11 is 3.48. The second-order valence-corrected chi connectivity index (χ2v) is 39.5. The van der Waals surface area contributed by atoms with Gasteiger partial charge in [-0.25, -0.2) is 0 Å². The van der Waals surface area contributed by atoms with Gasteiger partial charge >= 0.3 is 83.7 Å². The van der Waals surface area contributed by atoms with Crippen molar-refractivity contribution < 1.29 is 80.6 Å². The van der Waals surface area contributed by atoms with Gasteiger partial charge < -0.3 is 34.0 Å². The molecule has 0 radical (unpaired) electrons. The van der Waals surface area contributed by atoms with Crippen molar-refractivity contribution in [2.45, 2.75) is 186 Å². The molecule has 8 rings (SSSR count). The van der Waals surface area contributed by atoms with Crippen LogP contribution < -0.4 is 34.0 Å². The van der Waals surface area contributed by atoms with Crippen LogP contribution >= 0.6 is 0 Å². The predicted molar refractivity (Wildman–Crippen MR) is 306 cm³/mol. The zero-order valence-electron chi connectivity index (χ0n) is 47.1. The van der Waals surface area contributed by atoms with Gasteiger partial charge in [-0.2, -0.15) is 24.3 Å². The first-order valence-corrected chi connectivity index (χ1v) is 38.2. The van der Waals surface area contributed by atoms with Crippen molar-refractivity contribution in [1.29, 1.82) is 0 Å². The molecule has 6 heteroatoms. The average molecular weight is 1260 g/mol. The zero-order valence-corrected chi connectivity index (χ0v) is 57.2. The Morgan fingerprint density at radius 3 is 0.643 bits per heavy atom. The average Bonchev–Trinajstić information content (AvgIpc) is 4.05. The van der Waals surface area contributed by atoms with Gasteiger partial charge in [0.1, 0.15) is 0 Å². The van der Waals surface area contributed by atoms with Crippen molar-refractivity contribution in [2.75, 3.05) is 0 Å². The van der Waals surface area contributed by atoms with E-state index >= 15 is 0 Å². The first-order valence-electron chi connectivity index (χ1n) is 25.8. The minimum atomic E-state index is 0. The van der Waals surface area contributed by atoms with Crippen LogP contribution in [0.4, 0.5) is 0 Å². The molecule has 0 heterocycles. The third-order valence-corrected chi connectivity index (χ3v) is 12.6. The molecule has 0 bridgehead atoms. The largest absolute Gasteiger partial charge is 1.00 e. The molecule has 0 saturated carbocycles. The van der Waals surface area contributed by atoms with Gasteiger partial charge in [0.15, 0.2) is 0 Å². The molecule has 0 atom stereocenters. The Labute approximate surface area is 479 Å². The Morgan fingerprint density at radius 2 is 0.514 bits per heavy atom. The van der Waals surface area contributed by atoms with E-state index in [9.17, 15) is 0 Å². The second-order valence-electron chi connectivity index (χ2n) is 20.7. The van der Waals surface area contributed by atoms with Crippen LogP contribution in [0.3, 0.4) is 0 Å². The van der Waals surface area contributed by atoms with Gasteiger partial charge in [-0.1, -0.05) is 183 Å². The Balaban J connectivity index is 0.000000439. The van der Waals surface area contributed by atoms with E-state index in [4.69, 9.17) is 0 Å². The molecule has 0 aromatic heterocycles. The van der Waals surface area contributed by atoms with E-state index in [2.05, 4.69) is 234 Å². The van der Waals surface area contributed by atoms with Gasteiger partial charge in [0.2, 0.25) is 0 Å². The molecule has 0 aliphatic rings. The molecule has 0 N–H and O–H groups in total. The molecule has 0 amide bonds. The van der Waals surface area contributed by atoms with Gasteiger partial charge in [-0.05, 0) is 23.7 Å². The van der Waals surface area contributed by atoms with Gasteiger partial charge in [0.05, 0.1) is 0 Å². The number of halogens is 2. The van der Waals surface area contributed by atoms with Crippen LogP contribution in [-0.2, 0) is 72.4 Å². The van der Waals surface area contributed by atoms with Crippen LogP contribution in [0.2, 0.25) is 26.2 Å². The Morgan fingerprint density at radius 1 is 0.357 bits per heavy atom. The van der Waals surface area contributed by atoms with Crippen molar-refractivity contribution in [1.82, 2.24) is 0 Å². The summed E-state index contributed by atoms with van der Waals surface area (Å²) in [6, 6.07) is 36.9. The fourth-order valence-corrected chi connectivity index (χ4v) is 9.35. The van der Waals surface area contributed by atoms with Gasteiger partial charge in [-0.15, -0.1) is 136 Å². The summed E-state index contributed by atoms with van der Waals surface area (Å²) in [5, 5.41) is 11.7. The number of hydrogen-bond acceptors (Lipinski definition) is 0. The van der Waals surface area contributed by atoms with Crippen LogP contribution in [-0.4, -0.2) is 10.9 Å². The van der Waals surface area contributed by atoms with Crippen LogP contribution in [0.1, 0.15) is 174 Å². The van der Waals surface area contributed by atoms with E-state index in [0.717, 1.165) is 25.7 Å². The van der Waals surface area contributed by atoms with Crippen LogP contribution in [0.5, 0.6) is 0 Å². The Hall–Kier alpha value is -1.52. The van der Waals surface area contributed by atoms with Crippen LogP contribution in [0.25, 0.3) is 43.1 Å². The summed E-state index contributed by atoms with van der Waals surface area (Å²) < 4.78 is 0. The minimum Gasteiger partial charge on any atom is -1.00 e. The molecule has 0 nitrogen and oxygen atoms in total. The van der Waals surface area contributed by atoms with Crippen molar-refractivity contribution >= 4 is 54.0 Å². The zero-order chi connectivity index (χ0) is 51.2. The summed E-state index contributed by atoms with van der Waals surface area (Å²) in [5.41, 5.74) is 17.8. The smallest absolute Gasteiger partial charge is 1.00 e. The summed E-state index contributed by atoms with van der Waals surface area (Å²) in [7, 11) is 0. The number of fused-ring (bicyclic) bond motifs is 4. The van der Waals surface area contributed by atoms with Crippen molar-refractivity contribution in [2.24, 2.45) is 0 Å². The molecule has 0 aliphatic heterocycles. The molecule has 70 heavy (non-hydrogen) atoms. The van der Waals surface area contributed by atoms with E-state index in [1.165, 1.54) is 110 Å².